The average molecular weight is 374 g/mol. The summed E-state index contributed by atoms with van der Waals surface area (Å²) in [6.45, 7) is 1.90. The van der Waals surface area contributed by atoms with Crippen LogP contribution in [0.2, 0.25) is 0 Å². The van der Waals surface area contributed by atoms with Crippen LogP contribution in [0.1, 0.15) is 11.3 Å². The van der Waals surface area contributed by atoms with E-state index >= 15 is 0 Å². The Morgan fingerprint density at radius 1 is 1.08 bits per heavy atom. The molecule has 10 heteroatoms. The van der Waals surface area contributed by atoms with Crippen LogP contribution in [0.3, 0.4) is 0 Å². The van der Waals surface area contributed by atoms with E-state index in [-0.39, 0.29) is 0 Å². The summed E-state index contributed by atoms with van der Waals surface area (Å²) in [4.78, 5) is 0. The average Bonchev–Trinajstić information content (AvgIpc) is 3.24. The van der Waals surface area contributed by atoms with Gasteiger partial charge in [-0.2, -0.15) is 20.0 Å². The minimum atomic E-state index is 0.344. The molecule has 0 amide bonds. The lowest BCUT2D eigenvalue weighted by molar-refractivity contribution is 0.324. The Morgan fingerprint density at radius 2 is 1.85 bits per heavy atom. The molecule has 0 aliphatic heterocycles. The molecule has 0 saturated heterocycles. The monoisotopic (exact) mass is 374 g/mol. The van der Waals surface area contributed by atoms with Gasteiger partial charge in [0.1, 0.15) is 5.69 Å². The maximum Gasteiger partial charge on any atom is 0.216 e. The number of aromatic nitrogens is 5. The molecule has 2 heterocycles. The van der Waals surface area contributed by atoms with Crippen LogP contribution < -0.4 is 14.2 Å². The van der Waals surface area contributed by atoms with Gasteiger partial charge in [0.05, 0.1) is 27.5 Å². The minimum Gasteiger partial charge on any atom is -0.493 e. The lowest BCUT2D eigenvalue weighted by Gasteiger charge is -2.13. The van der Waals surface area contributed by atoms with Gasteiger partial charge >= 0.3 is 0 Å². The van der Waals surface area contributed by atoms with Crippen molar-refractivity contribution in [3.8, 4) is 28.8 Å². The van der Waals surface area contributed by atoms with E-state index in [0.29, 0.717) is 39.1 Å². The molecule has 2 N–H and O–H groups in total. The fourth-order valence-electron chi connectivity index (χ4n) is 2.44. The minimum absolute atomic E-state index is 0.344. The molecule has 0 bridgehead atoms. The molecular weight excluding hydrogens is 356 g/mol. The number of hydrogen-bond donors (Lipinski definition) is 2. The van der Waals surface area contributed by atoms with Gasteiger partial charge < -0.3 is 14.2 Å². The maximum absolute atomic E-state index is 5.46. The SMILES string of the molecule is COc1ccc(C=Nn2c(-c3cc(C)[nH]n3)n[nH]c2=S)c(OC)c1OC. The van der Waals surface area contributed by atoms with Crippen molar-refractivity contribution < 1.29 is 14.2 Å². The molecule has 3 aromatic rings. The number of nitrogens with zero attached hydrogens (tertiary/aromatic N) is 4. The molecule has 0 atom stereocenters. The quantitative estimate of drug-likeness (QED) is 0.508. The highest BCUT2D eigenvalue weighted by Gasteiger charge is 2.15. The largest absolute Gasteiger partial charge is 0.493 e. The number of benzene rings is 1. The Labute approximate surface area is 154 Å². The Bertz CT molecular complexity index is 1000. The zero-order valence-corrected chi connectivity index (χ0v) is 15.5. The van der Waals surface area contributed by atoms with Gasteiger partial charge in [-0.1, -0.05) is 0 Å². The Kier molecular flexibility index (Phi) is 5.03. The smallest absolute Gasteiger partial charge is 0.216 e. The summed E-state index contributed by atoms with van der Waals surface area (Å²) in [7, 11) is 4.66. The van der Waals surface area contributed by atoms with E-state index in [2.05, 4.69) is 25.5 Å². The molecule has 0 spiro atoms. The first-order valence-electron chi connectivity index (χ1n) is 7.62. The summed E-state index contributed by atoms with van der Waals surface area (Å²) in [5, 5.41) is 18.4. The highest BCUT2D eigenvalue weighted by atomic mass is 32.1. The number of ether oxygens (including phenoxy) is 3. The van der Waals surface area contributed by atoms with E-state index in [1.165, 1.54) is 4.68 Å². The van der Waals surface area contributed by atoms with Crippen molar-refractivity contribution >= 4 is 18.4 Å². The predicted molar refractivity (Wildman–Crippen MR) is 98.8 cm³/mol. The molecule has 0 radical (unpaired) electrons. The third-order valence-electron chi connectivity index (χ3n) is 3.63. The first-order valence-corrected chi connectivity index (χ1v) is 8.03. The van der Waals surface area contributed by atoms with Crippen LogP contribution in [-0.4, -0.2) is 52.6 Å². The van der Waals surface area contributed by atoms with Gasteiger partial charge in [-0.25, -0.2) is 5.10 Å². The van der Waals surface area contributed by atoms with Crippen LogP contribution in [0.15, 0.2) is 23.3 Å². The van der Waals surface area contributed by atoms with Crippen molar-refractivity contribution in [1.82, 2.24) is 25.1 Å². The third-order valence-corrected chi connectivity index (χ3v) is 3.90. The standard InChI is InChI=1S/C16H18N6O3S/c1-9-7-11(19-18-9)15-20-21-16(26)22(15)17-8-10-5-6-12(23-2)14(25-4)13(10)24-3/h5-8H,1-4H3,(H,18,19)(H,21,26). The van der Waals surface area contributed by atoms with Gasteiger partial charge in [-0.05, 0) is 37.3 Å². The molecule has 26 heavy (non-hydrogen) atoms. The third kappa shape index (κ3) is 3.18. The lowest BCUT2D eigenvalue weighted by Crippen LogP contribution is -2.00. The number of aromatic amines is 2. The van der Waals surface area contributed by atoms with Crippen LogP contribution in [-0.2, 0) is 0 Å². The molecule has 1 aromatic carbocycles. The molecular formula is C16H18N6O3S. The van der Waals surface area contributed by atoms with E-state index in [1.54, 1.807) is 33.6 Å². The number of H-pyrrole nitrogens is 2. The number of hydrogen-bond acceptors (Lipinski definition) is 7. The van der Waals surface area contributed by atoms with Crippen molar-refractivity contribution in [2.75, 3.05) is 21.3 Å². The molecule has 0 fully saturated rings. The maximum atomic E-state index is 5.46. The van der Waals surface area contributed by atoms with E-state index in [1.807, 2.05) is 19.1 Å². The summed E-state index contributed by atoms with van der Waals surface area (Å²) in [6.07, 6.45) is 1.61. The fraction of sp³-hybridized carbons (Fsp3) is 0.250. The van der Waals surface area contributed by atoms with E-state index in [4.69, 9.17) is 26.4 Å². The number of methoxy groups -OCH3 is 3. The van der Waals surface area contributed by atoms with Crippen LogP contribution in [0, 0.1) is 11.7 Å². The molecule has 0 unspecified atom stereocenters. The van der Waals surface area contributed by atoms with Gasteiger partial charge in [-0.3, -0.25) is 5.10 Å². The molecule has 9 nitrogen and oxygen atoms in total. The summed E-state index contributed by atoms with van der Waals surface area (Å²) in [5.74, 6) is 2.05. The second kappa shape index (κ2) is 7.40. The van der Waals surface area contributed by atoms with Crippen LogP contribution >= 0.6 is 12.2 Å². The Hall–Kier alpha value is -3.14. The summed E-state index contributed by atoms with van der Waals surface area (Å²) in [5.41, 5.74) is 2.23. The lowest BCUT2D eigenvalue weighted by atomic mass is 10.2. The highest BCUT2D eigenvalue weighted by molar-refractivity contribution is 7.71. The van der Waals surface area contributed by atoms with Gasteiger partial charge in [0.2, 0.25) is 16.3 Å². The summed E-state index contributed by atoms with van der Waals surface area (Å²) >= 11 is 5.26. The molecule has 0 aliphatic carbocycles. The molecule has 0 aliphatic rings. The molecule has 0 saturated carbocycles. The normalized spacial score (nSPS) is 11.1. The fourth-order valence-corrected chi connectivity index (χ4v) is 2.62. The van der Waals surface area contributed by atoms with E-state index in [9.17, 15) is 0 Å². The highest BCUT2D eigenvalue weighted by Crippen LogP contribution is 2.39. The predicted octanol–water partition coefficient (Wildman–Crippen LogP) is 2.55. The Balaban J connectivity index is 2.04. The van der Waals surface area contributed by atoms with E-state index in [0.717, 1.165) is 5.69 Å². The Morgan fingerprint density at radius 3 is 2.46 bits per heavy atom. The van der Waals surface area contributed by atoms with Crippen LogP contribution in [0.5, 0.6) is 17.2 Å². The molecule has 136 valence electrons. The summed E-state index contributed by atoms with van der Waals surface area (Å²) < 4.78 is 18.0. The number of rotatable bonds is 6. The topological polar surface area (TPSA) is 102 Å². The zero-order chi connectivity index (χ0) is 18.7. The van der Waals surface area contributed by atoms with Crippen molar-refractivity contribution in [2.45, 2.75) is 6.92 Å². The van der Waals surface area contributed by atoms with Crippen molar-refractivity contribution in [1.29, 1.82) is 0 Å². The van der Waals surface area contributed by atoms with Crippen LogP contribution in [0.25, 0.3) is 11.5 Å². The molecule has 3 rings (SSSR count). The number of aryl methyl sites for hydroxylation is 1. The number of nitrogens with one attached hydrogen (secondary N) is 2. The van der Waals surface area contributed by atoms with Gasteiger partial charge in [0.25, 0.3) is 0 Å². The van der Waals surface area contributed by atoms with Gasteiger partial charge in [0.15, 0.2) is 11.5 Å². The second-order valence-electron chi connectivity index (χ2n) is 5.27. The first-order chi connectivity index (χ1) is 12.6. The second-order valence-corrected chi connectivity index (χ2v) is 5.66. The van der Waals surface area contributed by atoms with E-state index < -0.39 is 0 Å². The van der Waals surface area contributed by atoms with Gasteiger partial charge in [0, 0.05) is 11.3 Å². The first kappa shape index (κ1) is 17.7. The van der Waals surface area contributed by atoms with Crippen molar-refractivity contribution in [3.05, 3.63) is 34.2 Å². The molecule has 2 aromatic heterocycles. The van der Waals surface area contributed by atoms with Gasteiger partial charge in [-0.15, -0.1) is 0 Å². The van der Waals surface area contributed by atoms with Crippen molar-refractivity contribution in [2.24, 2.45) is 5.10 Å². The van der Waals surface area contributed by atoms with Crippen molar-refractivity contribution in [3.63, 3.8) is 0 Å². The van der Waals surface area contributed by atoms with Crippen LogP contribution in [0.4, 0.5) is 0 Å². The summed E-state index contributed by atoms with van der Waals surface area (Å²) in [6, 6.07) is 5.44. The zero-order valence-electron chi connectivity index (χ0n) is 14.7.